The quantitative estimate of drug-likeness (QED) is 0.663. The van der Waals surface area contributed by atoms with Gasteiger partial charge in [-0.2, -0.15) is 4.31 Å². The van der Waals surface area contributed by atoms with Crippen molar-refractivity contribution in [3.05, 3.63) is 77.9 Å². The first-order valence-electron chi connectivity index (χ1n) is 9.86. The van der Waals surface area contributed by atoms with Crippen molar-refractivity contribution in [2.24, 2.45) is 0 Å². The van der Waals surface area contributed by atoms with Gasteiger partial charge in [0.05, 0.1) is 4.90 Å². The SMILES string of the molecule is CCc1ccc(C(=O)N2CCN(S(=O)(=O)c3ccc4ccccc4c3)CC2)cc1. The zero-order valence-electron chi connectivity index (χ0n) is 16.4. The molecule has 6 heteroatoms. The summed E-state index contributed by atoms with van der Waals surface area (Å²) in [6.45, 7) is 3.45. The molecule has 1 aliphatic heterocycles. The van der Waals surface area contributed by atoms with Crippen molar-refractivity contribution < 1.29 is 13.2 Å². The molecule has 0 unspecified atom stereocenters. The first-order chi connectivity index (χ1) is 14.0. The molecule has 3 aromatic carbocycles. The van der Waals surface area contributed by atoms with Gasteiger partial charge >= 0.3 is 0 Å². The Labute approximate surface area is 171 Å². The highest BCUT2D eigenvalue weighted by Gasteiger charge is 2.30. The Morgan fingerprint density at radius 3 is 2.17 bits per heavy atom. The molecule has 5 nitrogen and oxygen atoms in total. The van der Waals surface area contributed by atoms with Crippen molar-refractivity contribution in [1.29, 1.82) is 0 Å². The standard InChI is InChI=1S/C23H24N2O3S/c1-2-18-7-9-20(10-8-18)23(26)24-13-15-25(16-14-24)29(27,28)22-12-11-19-5-3-4-6-21(19)17-22/h3-12,17H,2,13-16H2,1H3. The summed E-state index contributed by atoms with van der Waals surface area (Å²) < 4.78 is 27.6. The molecule has 0 saturated carbocycles. The first kappa shape index (κ1) is 19.6. The van der Waals surface area contributed by atoms with Crippen LogP contribution in [0.1, 0.15) is 22.8 Å². The van der Waals surface area contributed by atoms with Gasteiger partial charge in [-0.15, -0.1) is 0 Å². The van der Waals surface area contributed by atoms with Gasteiger partial charge in [-0.05, 0) is 47.0 Å². The van der Waals surface area contributed by atoms with E-state index in [1.165, 1.54) is 9.87 Å². The van der Waals surface area contributed by atoms with Crippen LogP contribution in [0.4, 0.5) is 0 Å². The van der Waals surface area contributed by atoms with Gasteiger partial charge in [-0.1, -0.05) is 49.4 Å². The van der Waals surface area contributed by atoms with Crippen molar-refractivity contribution in [1.82, 2.24) is 9.21 Å². The first-order valence-corrected chi connectivity index (χ1v) is 11.3. The minimum atomic E-state index is -3.58. The maximum Gasteiger partial charge on any atom is 0.253 e. The van der Waals surface area contributed by atoms with E-state index in [0.29, 0.717) is 36.6 Å². The molecule has 29 heavy (non-hydrogen) atoms. The number of sulfonamides is 1. The van der Waals surface area contributed by atoms with Crippen LogP contribution in [0.3, 0.4) is 0 Å². The van der Waals surface area contributed by atoms with Gasteiger partial charge in [-0.25, -0.2) is 8.42 Å². The lowest BCUT2D eigenvalue weighted by molar-refractivity contribution is 0.0698. The summed E-state index contributed by atoms with van der Waals surface area (Å²) in [5.41, 5.74) is 1.83. The van der Waals surface area contributed by atoms with Crippen molar-refractivity contribution in [2.45, 2.75) is 18.2 Å². The highest BCUT2D eigenvalue weighted by Crippen LogP contribution is 2.23. The zero-order chi connectivity index (χ0) is 20.4. The highest BCUT2D eigenvalue weighted by molar-refractivity contribution is 7.89. The number of hydrogen-bond donors (Lipinski definition) is 0. The largest absolute Gasteiger partial charge is 0.336 e. The van der Waals surface area contributed by atoms with Gasteiger partial charge in [0.1, 0.15) is 0 Å². The number of carbonyl (C=O) groups excluding carboxylic acids is 1. The van der Waals surface area contributed by atoms with Crippen LogP contribution in [-0.2, 0) is 16.4 Å². The molecule has 1 aliphatic rings. The minimum absolute atomic E-state index is 0.0459. The molecule has 1 fully saturated rings. The van der Waals surface area contributed by atoms with E-state index in [0.717, 1.165) is 17.2 Å². The van der Waals surface area contributed by atoms with Crippen molar-refractivity contribution in [2.75, 3.05) is 26.2 Å². The number of fused-ring (bicyclic) bond motifs is 1. The van der Waals surface area contributed by atoms with E-state index in [1.807, 2.05) is 54.6 Å². The Hall–Kier alpha value is -2.70. The Bertz CT molecular complexity index is 1130. The number of piperazine rings is 1. The third kappa shape index (κ3) is 3.91. The van der Waals surface area contributed by atoms with Crippen LogP contribution in [0.25, 0.3) is 10.8 Å². The van der Waals surface area contributed by atoms with Gasteiger partial charge in [0.2, 0.25) is 10.0 Å². The zero-order valence-corrected chi connectivity index (χ0v) is 17.2. The fourth-order valence-corrected chi connectivity index (χ4v) is 5.13. The van der Waals surface area contributed by atoms with E-state index in [9.17, 15) is 13.2 Å². The third-order valence-electron chi connectivity index (χ3n) is 5.49. The number of benzene rings is 3. The van der Waals surface area contributed by atoms with Crippen LogP contribution < -0.4 is 0 Å². The third-order valence-corrected chi connectivity index (χ3v) is 7.39. The summed E-state index contributed by atoms with van der Waals surface area (Å²) in [5.74, 6) is -0.0459. The predicted octanol–water partition coefficient (Wildman–Crippen LogP) is 3.55. The minimum Gasteiger partial charge on any atom is -0.336 e. The fraction of sp³-hybridized carbons (Fsp3) is 0.261. The lowest BCUT2D eigenvalue weighted by Gasteiger charge is -2.34. The summed E-state index contributed by atoms with van der Waals surface area (Å²) >= 11 is 0. The number of hydrogen-bond acceptors (Lipinski definition) is 3. The second-order valence-corrected chi connectivity index (χ2v) is 9.19. The Balaban J connectivity index is 1.46. The van der Waals surface area contributed by atoms with Crippen LogP contribution in [0.15, 0.2) is 71.6 Å². The second kappa shape index (κ2) is 7.97. The summed E-state index contributed by atoms with van der Waals surface area (Å²) in [4.78, 5) is 14.8. The molecule has 0 radical (unpaired) electrons. The number of aryl methyl sites for hydroxylation is 1. The van der Waals surface area contributed by atoms with E-state index in [2.05, 4.69) is 6.92 Å². The number of amides is 1. The summed E-state index contributed by atoms with van der Waals surface area (Å²) in [6, 6.07) is 20.5. The van der Waals surface area contributed by atoms with Crippen LogP contribution in [0, 0.1) is 0 Å². The molecule has 150 valence electrons. The fourth-order valence-electron chi connectivity index (χ4n) is 3.67. The molecule has 4 rings (SSSR count). The predicted molar refractivity (Wildman–Crippen MR) is 114 cm³/mol. The van der Waals surface area contributed by atoms with Gasteiger partial charge in [0, 0.05) is 31.7 Å². The topological polar surface area (TPSA) is 57.7 Å². The molecule has 0 aromatic heterocycles. The lowest BCUT2D eigenvalue weighted by atomic mass is 10.1. The highest BCUT2D eigenvalue weighted by atomic mass is 32.2. The maximum absolute atomic E-state index is 13.1. The molecule has 3 aromatic rings. The monoisotopic (exact) mass is 408 g/mol. The van der Waals surface area contributed by atoms with Gasteiger partial charge in [-0.3, -0.25) is 4.79 Å². The number of carbonyl (C=O) groups is 1. The smallest absolute Gasteiger partial charge is 0.253 e. The average Bonchev–Trinajstić information content (AvgIpc) is 2.78. The average molecular weight is 409 g/mol. The summed E-state index contributed by atoms with van der Waals surface area (Å²) in [6.07, 6.45) is 0.930. The Morgan fingerprint density at radius 2 is 1.52 bits per heavy atom. The van der Waals surface area contributed by atoms with Crippen molar-refractivity contribution in [3.63, 3.8) is 0 Å². The van der Waals surface area contributed by atoms with Gasteiger partial charge in [0.25, 0.3) is 5.91 Å². The molecule has 1 saturated heterocycles. The van der Waals surface area contributed by atoms with E-state index < -0.39 is 10.0 Å². The molecular formula is C23H24N2O3S. The molecule has 1 heterocycles. The van der Waals surface area contributed by atoms with Gasteiger partial charge < -0.3 is 4.90 Å². The van der Waals surface area contributed by atoms with Crippen molar-refractivity contribution >= 4 is 26.7 Å². The van der Waals surface area contributed by atoms with E-state index in [-0.39, 0.29) is 5.91 Å². The molecular weight excluding hydrogens is 384 g/mol. The molecule has 0 N–H and O–H groups in total. The Kier molecular flexibility index (Phi) is 5.39. The van der Waals surface area contributed by atoms with E-state index in [1.54, 1.807) is 17.0 Å². The molecule has 0 bridgehead atoms. The van der Waals surface area contributed by atoms with E-state index in [4.69, 9.17) is 0 Å². The molecule has 1 amide bonds. The van der Waals surface area contributed by atoms with Crippen LogP contribution >= 0.6 is 0 Å². The van der Waals surface area contributed by atoms with E-state index >= 15 is 0 Å². The molecule has 0 aliphatic carbocycles. The second-order valence-electron chi connectivity index (χ2n) is 7.26. The van der Waals surface area contributed by atoms with Crippen LogP contribution in [0.2, 0.25) is 0 Å². The van der Waals surface area contributed by atoms with Crippen LogP contribution in [-0.4, -0.2) is 49.7 Å². The number of nitrogens with zero attached hydrogens (tertiary/aromatic N) is 2. The molecule has 0 spiro atoms. The lowest BCUT2D eigenvalue weighted by Crippen LogP contribution is -2.50. The maximum atomic E-state index is 13.1. The van der Waals surface area contributed by atoms with Crippen LogP contribution in [0.5, 0.6) is 0 Å². The summed E-state index contributed by atoms with van der Waals surface area (Å²) in [5, 5.41) is 1.91. The Morgan fingerprint density at radius 1 is 0.862 bits per heavy atom. The normalized spacial score (nSPS) is 15.6. The van der Waals surface area contributed by atoms with Crippen molar-refractivity contribution in [3.8, 4) is 0 Å². The van der Waals surface area contributed by atoms with Gasteiger partial charge in [0.15, 0.2) is 0 Å². The molecule has 0 atom stereocenters. The summed E-state index contributed by atoms with van der Waals surface area (Å²) in [7, 11) is -3.58. The number of rotatable bonds is 4.